The summed E-state index contributed by atoms with van der Waals surface area (Å²) in [4.78, 5) is 16.2. The first-order valence-corrected chi connectivity index (χ1v) is 7.98. The highest BCUT2D eigenvalue weighted by molar-refractivity contribution is 6.02. The molecule has 0 saturated heterocycles. The molecule has 0 spiro atoms. The van der Waals surface area contributed by atoms with Gasteiger partial charge < -0.3 is 14.5 Å². The maximum Gasteiger partial charge on any atom is 0.291 e. The van der Waals surface area contributed by atoms with Gasteiger partial charge in [-0.05, 0) is 36.4 Å². The van der Waals surface area contributed by atoms with Crippen LogP contribution in [0.15, 0.2) is 71.4 Å². The van der Waals surface area contributed by atoms with Gasteiger partial charge in [0.15, 0.2) is 11.6 Å². The molecule has 7 nitrogen and oxygen atoms in total. The van der Waals surface area contributed by atoms with Gasteiger partial charge in [0.2, 0.25) is 0 Å². The number of furan rings is 1. The number of amides is 1. The summed E-state index contributed by atoms with van der Waals surface area (Å²) in [6.07, 6.45) is 1.33. The zero-order valence-electron chi connectivity index (χ0n) is 13.8. The molecule has 134 valence electrons. The van der Waals surface area contributed by atoms with Crippen molar-refractivity contribution in [3.8, 4) is 23.1 Å². The van der Waals surface area contributed by atoms with Gasteiger partial charge in [0, 0.05) is 11.6 Å². The Morgan fingerprint density at radius 3 is 2.70 bits per heavy atom. The molecule has 0 atom stereocenters. The van der Waals surface area contributed by atoms with Crippen LogP contribution in [-0.4, -0.2) is 21.1 Å². The first-order chi connectivity index (χ1) is 13.2. The predicted molar refractivity (Wildman–Crippen MR) is 95.0 cm³/mol. The van der Waals surface area contributed by atoms with E-state index in [1.807, 2.05) is 18.2 Å². The average Bonchev–Trinajstić information content (AvgIpc) is 3.36. The number of benzene rings is 2. The van der Waals surface area contributed by atoms with Crippen molar-refractivity contribution in [1.29, 1.82) is 0 Å². The summed E-state index contributed by atoms with van der Waals surface area (Å²) in [5.41, 5.74) is 0.532. The summed E-state index contributed by atoms with van der Waals surface area (Å²) in [6.45, 7) is 0. The van der Waals surface area contributed by atoms with Crippen LogP contribution in [0.25, 0.3) is 11.4 Å². The summed E-state index contributed by atoms with van der Waals surface area (Å²) in [7, 11) is 0. The number of aromatic amines is 1. The maximum atomic E-state index is 14.3. The third kappa shape index (κ3) is 3.69. The Balaban J connectivity index is 1.46. The Labute approximate surface area is 152 Å². The molecule has 8 heteroatoms. The first-order valence-electron chi connectivity index (χ1n) is 7.98. The van der Waals surface area contributed by atoms with Crippen LogP contribution >= 0.6 is 0 Å². The number of hydrogen-bond donors (Lipinski definition) is 2. The number of carbonyl (C=O) groups excluding carboxylic acids is 1. The molecule has 2 aromatic heterocycles. The average molecular weight is 364 g/mol. The fraction of sp³-hybridized carbons (Fsp3) is 0. The monoisotopic (exact) mass is 364 g/mol. The van der Waals surface area contributed by atoms with Gasteiger partial charge in [-0.2, -0.15) is 5.10 Å². The normalized spacial score (nSPS) is 10.6. The van der Waals surface area contributed by atoms with Crippen LogP contribution in [0.3, 0.4) is 0 Å². The highest BCUT2D eigenvalue weighted by atomic mass is 19.1. The predicted octanol–water partition coefficient (Wildman–Crippen LogP) is 4.25. The van der Waals surface area contributed by atoms with Crippen LogP contribution in [0.2, 0.25) is 0 Å². The van der Waals surface area contributed by atoms with Gasteiger partial charge >= 0.3 is 0 Å². The fourth-order valence-electron chi connectivity index (χ4n) is 2.39. The number of hydrogen-bond acceptors (Lipinski definition) is 5. The maximum absolute atomic E-state index is 14.3. The topological polar surface area (TPSA) is 93.0 Å². The second kappa shape index (κ2) is 7.12. The van der Waals surface area contributed by atoms with E-state index in [0.717, 1.165) is 0 Å². The number of H-pyrrole nitrogens is 1. The third-order valence-corrected chi connectivity index (χ3v) is 3.67. The van der Waals surface area contributed by atoms with Crippen molar-refractivity contribution in [3.63, 3.8) is 0 Å². The van der Waals surface area contributed by atoms with Crippen molar-refractivity contribution in [2.45, 2.75) is 0 Å². The number of para-hydroxylation sites is 1. The molecule has 1 amide bonds. The molecule has 0 aliphatic rings. The molecular formula is C19H13FN4O3. The lowest BCUT2D eigenvalue weighted by Gasteiger charge is -2.06. The second-order valence-electron chi connectivity index (χ2n) is 5.52. The van der Waals surface area contributed by atoms with Gasteiger partial charge in [0.1, 0.15) is 17.9 Å². The van der Waals surface area contributed by atoms with E-state index < -0.39 is 11.7 Å². The largest absolute Gasteiger partial charge is 0.426 e. The van der Waals surface area contributed by atoms with Crippen LogP contribution in [0, 0.1) is 5.82 Å². The Hall–Kier alpha value is -3.94. The molecule has 0 radical (unpaired) electrons. The minimum absolute atomic E-state index is 0.000331. The third-order valence-electron chi connectivity index (χ3n) is 3.67. The van der Waals surface area contributed by atoms with E-state index in [4.69, 9.17) is 9.15 Å². The molecule has 0 fully saturated rings. The second-order valence-corrected chi connectivity index (χ2v) is 5.52. The van der Waals surface area contributed by atoms with Crippen molar-refractivity contribution < 1.29 is 18.3 Å². The van der Waals surface area contributed by atoms with E-state index >= 15 is 0 Å². The molecule has 0 aliphatic carbocycles. The summed E-state index contributed by atoms with van der Waals surface area (Å²) in [6, 6.07) is 16.3. The summed E-state index contributed by atoms with van der Waals surface area (Å²) in [5, 5.41) is 8.83. The summed E-state index contributed by atoms with van der Waals surface area (Å²) in [5.74, 6) is -0.0331. The number of rotatable bonds is 5. The van der Waals surface area contributed by atoms with Crippen LogP contribution < -0.4 is 10.1 Å². The molecule has 0 saturated carbocycles. The van der Waals surface area contributed by atoms with Crippen LogP contribution in [0.4, 0.5) is 10.1 Å². The Kier molecular flexibility index (Phi) is 4.36. The number of nitrogens with zero attached hydrogens (tertiary/aromatic N) is 2. The minimum Gasteiger partial charge on any atom is -0.426 e. The molecule has 0 aliphatic heterocycles. The molecular weight excluding hydrogens is 351 g/mol. The van der Waals surface area contributed by atoms with Crippen LogP contribution in [0.5, 0.6) is 11.7 Å². The SMILES string of the molecule is O=C(Nc1ccc(-c2ncn[nH]2)cc1F)c1ccc(Oc2ccccc2)o1. The van der Waals surface area contributed by atoms with E-state index in [-0.39, 0.29) is 17.4 Å². The van der Waals surface area contributed by atoms with Crippen LogP contribution in [-0.2, 0) is 0 Å². The van der Waals surface area contributed by atoms with E-state index in [2.05, 4.69) is 20.5 Å². The number of carbonyl (C=O) groups is 1. The van der Waals surface area contributed by atoms with Gasteiger partial charge in [-0.3, -0.25) is 9.89 Å². The zero-order chi connectivity index (χ0) is 18.6. The van der Waals surface area contributed by atoms with E-state index in [1.54, 1.807) is 18.2 Å². The molecule has 0 bridgehead atoms. The molecule has 4 aromatic rings. The molecule has 2 heterocycles. The van der Waals surface area contributed by atoms with E-state index in [9.17, 15) is 9.18 Å². The first kappa shape index (κ1) is 16.5. The lowest BCUT2D eigenvalue weighted by atomic mass is 10.2. The molecule has 2 aromatic carbocycles. The quantitative estimate of drug-likeness (QED) is 0.552. The minimum atomic E-state index is -0.607. The van der Waals surface area contributed by atoms with Gasteiger partial charge in [0.25, 0.3) is 11.9 Å². The van der Waals surface area contributed by atoms with E-state index in [1.165, 1.54) is 30.6 Å². The molecule has 2 N–H and O–H groups in total. The standard InChI is InChI=1S/C19H13FN4O3/c20-14-10-12(18-21-11-22-24-18)6-7-15(14)23-19(25)16-8-9-17(27-16)26-13-4-2-1-3-5-13/h1-11H,(H,23,25)(H,21,22,24). The van der Waals surface area contributed by atoms with Gasteiger partial charge in [-0.15, -0.1) is 0 Å². The van der Waals surface area contributed by atoms with E-state index in [0.29, 0.717) is 17.1 Å². The molecule has 0 unspecified atom stereocenters. The number of halogens is 1. The van der Waals surface area contributed by atoms with Crippen molar-refractivity contribution in [2.75, 3.05) is 5.32 Å². The lowest BCUT2D eigenvalue weighted by molar-refractivity contribution is 0.0991. The Bertz CT molecular complexity index is 1060. The smallest absolute Gasteiger partial charge is 0.291 e. The van der Waals surface area contributed by atoms with Gasteiger partial charge in [-0.1, -0.05) is 18.2 Å². The van der Waals surface area contributed by atoms with Crippen molar-refractivity contribution >= 4 is 11.6 Å². The Morgan fingerprint density at radius 1 is 1.11 bits per heavy atom. The number of anilines is 1. The molecule has 27 heavy (non-hydrogen) atoms. The van der Waals surface area contributed by atoms with Crippen molar-refractivity contribution in [1.82, 2.24) is 15.2 Å². The van der Waals surface area contributed by atoms with Crippen molar-refractivity contribution in [2.24, 2.45) is 0 Å². The number of aromatic nitrogens is 3. The number of nitrogens with one attached hydrogen (secondary N) is 2. The highest BCUT2D eigenvalue weighted by Gasteiger charge is 2.15. The van der Waals surface area contributed by atoms with Crippen LogP contribution in [0.1, 0.15) is 10.6 Å². The highest BCUT2D eigenvalue weighted by Crippen LogP contribution is 2.25. The van der Waals surface area contributed by atoms with Crippen molar-refractivity contribution in [3.05, 3.63) is 78.6 Å². The lowest BCUT2D eigenvalue weighted by Crippen LogP contribution is -2.12. The number of ether oxygens (including phenoxy) is 1. The van der Waals surface area contributed by atoms with Gasteiger partial charge in [-0.25, -0.2) is 9.37 Å². The molecule has 4 rings (SSSR count). The van der Waals surface area contributed by atoms with Gasteiger partial charge in [0.05, 0.1) is 5.69 Å². The Morgan fingerprint density at radius 2 is 1.96 bits per heavy atom. The summed E-state index contributed by atoms with van der Waals surface area (Å²) < 4.78 is 25.1. The summed E-state index contributed by atoms with van der Waals surface area (Å²) >= 11 is 0. The zero-order valence-corrected chi connectivity index (χ0v) is 13.8. The fourth-order valence-corrected chi connectivity index (χ4v) is 2.39.